The molecule has 0 bridgehead atoms. The van der Waals surface area contributed by atoms with Crippen molar-refractivity contribution in [3.63, 3.8) is 0 Å². The molecule has 33 heavy (non-hydrogen) atoms. The summed E-state index contributed by atoms with van der Waals surface area (Å²) in [5, 5.41) is 2.94. The van der Waals surface area contributed by atoms with Crippen molar-refractivity contribution in [2.45, 2.75) is 45.1 Å². The van der Waals surface area contributed by atoms with Crippen LogP contribution >= 0.6 is 0 Å². The molecule has 0 aromatic heterocycles. The molecule has 1 atom stereocenters. The number of methoxy groups -OCH3 is 1. The first kappa shape index (κ1) is 24.5. The fourth-order valence-electron chi connectivity index (χ4n) is 3.90. The molecule has 0 aliphatic heterocycles. The molecule has 3 rings (SSSR count). The highest BCUT2D eigenvalue weighted by Gasteiger charge is 2.27. The average Bonchev–Trinajstić information content (AvgIpc) is 2.76. The molecule has 3 aromatic rings. The van der Waals surface area contributed by atoms with Crippen molar-refractivity contribution in [3.05, 3.63) is 88.5 Å². The molecule has 174 valence electrons. The van der Waals surface area contributed by atoms with Gasteiger partial charge in [-0.2, -0.15) is 4.72 Å². The fourth-order valence-corrected chi connectivity index (χ4v) is 5.18. The second-order valence-electron chi connectivity index (χ2n) is 8.26. The number of anilines is 1. The number of carbonyl (C=O) groups excluding carboxylic acids is 1. The molecule has 0 saturated heterocycles. The fraction of sp³-hybridized carbons (Fsp3) is 0.269. The lowest BCUT2D eigenvalue weighted by Crippen LogP contribution is -2.45. The quantitative estimate of drug-likeness (QED) is 0.513. The number of aryl methyl sites for hydroxylation is 4. The van der Waals surface area contributed by atoms with Crippen LogP contribution in [0.1, 0.15) is 27.8 Å². The number of rotatable bonds is 8. The van der Waals surface area contributed by atoms with Crippen LogP contribution in [0.4, 0.5) is 5.69 Å². The number of benzene rings is 3. The zero-order chi connectivity index (χ0) is 24.2. The van der Waals surface area contributed by atoms with Gasteiger partial charge in [0.2, 0.25) is 15.9 Å². The molecular formula is C26H30N2O4S. The first-order valence-corrected chi connectivity index (χ1v) is 12.2. The van der Waals surface area contributed by atoms with E-state index in [9.17, 15) is 13.2 Å². The Morgan fingerprint density at radius 3 is 2.12 bits per heavy atom. The van der Waals surface area contributed by atoms with Crippen LogP contribution in [0.3, 0.4) is 0 Å². The van der Waals surface area contributed by atoms with Crippen LogP contribution in [0.2, 0.25) is 0 Å². The third-order valence-electron chi connectivity index (χ3n) is 5.50. The number of hydrogen-bond donors (Lipinski definition) is 2. The first-order valence-electron chi connectivity index (χ1n) is 10.7. The zero-order valence-electron chi connectivity index (χ0n) is 19.6. The minimum absolute atomic E-state index is 0.0781. The minimum Gasteiger partial charge on any atom is -0.496 e. The zero-order valence-corrected chi connectivity index (χ0v) is 20.4. The lowest BCUT2D eigenvalue weighted by molar-refractivity contribution is -0.117. The third-order valence-corrected chi connectivity index (χ3v) is 6.97. The molecule has 0 fully saturated rings. The van der Waals surface area contributed by atoms with E-state index in [1.54, 1.807) is 13.0 Å². The third kappa shape index (κ3) is 6.00. The van der Waals surface area contributed by atoms with Gasteiger partial charge in [0, 0.05) is 5.69 Å². The van der Waals surface area contributed by atoms with Crippen LogP contribution in [0.5, 0.6) is 5.75 Å². The van der Waals surface area contributed by atoms with Gasteiger partial charge in [-0.1, -0.05) is 48.0 Å². The van der Waals surface area contributed by atoms with E-state index in [0.29, 0.717) is 17.0 Å². The predicted octanol–water partition coefficient (Wildman–Crippen LogP) is 4.46. The van der Waals surface area contributed by atoms with Gasteiger partial charge in [0.25, 0.3) is 0 Å². The second kappa shape index (κ2) is 10.2. The van der Waals surface area contributed by atoms with E-state index in [4.69, 9.17) is 4.74 Å². The van der Waals surface area contributed by atoms with Crippen molar-refractivity contribution in [3.8, 4) is 5.75 Å². The molecule has 0 heterocycles. The van der Waals surface area contributed by atoms with Gasteiger partial charge in [0.1, 0.15) is 11.8 Å². The van der Waals surface area contributed by atoms with Crippen molar-refractivity contribution >= 4 is 21.6 Å². The van der Waals surface area contributed by atoms with Crippen LogP contribution in [0, 0.1) is 27.7 Å². The summed E-state index contributed by atoms with van der Waals surface area (Å²) in [6, 6.07) is 16.9. The van der Waals surface area contributed by atoms with Gasteiger partial charge in [0.15, 0.2) is 0 Å². The van der Waals surface area contributed by atoms with E-state index in [1.165, 1.54) is 19.2 Å². The highest BCUT2D eigenvalue weighted by Crippen LogP contribution is 2.24. The van der Waals surface area contributed by atoms with Crippen LogP contribution in [-0.4, -0.2) is 27.5 Å². The number of carbonyl (C=O) groups is 1. The minimum atomic E-state index is -3.96. The van der Waals surface area contributed by atoms with Crippen LogP contribution in [-0.2, 0) is 21.2 Å². The lowest BCUT2D eigenvalue weighted by atomic mass is 10.0. The second-order valence-corrected chi connectivity index (χ2v) is 9.97. The highest BCUT2D eigenvalue weighted by atomic mass is 32.2. The smallest absolute Gasteiger partial charge is 0.242 e. The van der Waals surface area contributed by atoms with Gasteiger partial charge in [-0.25, -0.2) is 8.42 Å². The predicted molar refractivity (Wildman–Crippen MR) is 131 cm³/mol. The maximum absolute atomic E-state index is 13.3. The van der Waals surface area contributed by atoms with Crippen LogP contribution in [0.25, 0.3) is 0 Å². The Hall–Kier alpha value is -3.16. The molecule has 0 radical (unpaired) electrons. The molecule has 1 amide bonds. The van der Waals surface area contributed by atoms with Crippen molar-refractivity contribution in [1.82, 2.24) is 4.72 Å². The van der Waals surface area contributed by atoms with Crippen LogP contribution < -0.4 is 14.8 Å². The Kier molecular flexibility index (Phi) is 7.56. The Bertz CT molecular complexity index is 1230. The standard InChI is InChI=1S/C26H30N2O4S/c1-17-13-19(3)25(20(4)14-17)27-26(29)23(16-21-9-7-6-8-10-21)28-33(30,31)22-11-12-24(32-5)18(2)15-22/h6-15,23,28H,16H2,1-5H3,(H,27,29)/t23-/m1/s1. The largest absolute Gasteiger partial charge is 0.496 e. The van der Waals surface area contributed by atoms with Crippen molar-refractivity contribution in [2.24, 2.45) is 0 Å². The summed E-state index contributed by atoms with van der Waals surface area (Å²) < 4.78 is 34.2. The Morgan fingerprint density at radius 2 is 1.55 bits per heavy atom. The Morgan fingerprint density at radius 1 is 0.909 bits per heavy atom. The molecule has 0 saturated carbocycles. The summed E-state index contributed by atoms with van der Waals surface area (Å²) in [4.78, 5) is 13.4. The number of amides is 1. The van der Waals surface area contributed by atoms with Crippen molar-refractivity contribution in [2.75, 3.05) is 12.4 Å². The molecule has 0 aliphatic rings. The van der Waals surface area contributed by atoms with Crippen molar-refractivity contribution in [1.29, 1.82) is 0 Å². The topological polar surface area (TPSA) is 84.5 Å². The van der Waals surface area contributed by atoms with Gasteiger partial charge in [0.05, 0.1) is 12.0 Å². The van der Waals surface area contributed by atoms with Crippen molar-refractivity contribution < 1.29 is 17.9 Å². The SMILES string of the molecule is COc1ccc(S(=O)(=O)N[C@H](Cc2ccccc2)C(=O)Nc2c(C)cc(C)cc2C)cc1C. The van der Waals surface area contributed by atoms with E-state index in [-0.39, 0.29) is 11.3 Å². The van der Waals surface area contributed by atoms with E-state index < -0.39 is 22.0 Å². The lowest BCUT2D eigenvalue weighted by Gasteiger charge is -2.21. The van der Waals surface area contributed by atoms with E-state index in [0.717, 1.165) is 22.3 Å². The summed E-state index contributed by atoms with van der Waals surface area (Å²) >= 11 is 0. The molecule has 0 unspecified atom stereocenters. The number of sulfonamides is 1. The average molecular weight is 467 g/mol. The van der Waals surface area contributed by atoms with E-state index in [2.05, 4.69) is 10.0 Å². The van der Waals surface area contributed by atoms with Gasteiger partial charge >= 0.3 is 0 Å². The van der Waals surface area contributed by atoms with Crippen LogP contribution in [0.15, 0.2) is 65.6 Å². The molecular weight excluding hydrogens is 436 g/mol. The molecule has 6 nitrogen and oxygen atoms in total. The van der Waals surface area contributed by atoms with Gasteiger partial charge < -0.3 is 10.1 Å². The Labute approximate surface area is 196 Å². The summed E-state index contributed by atoms with van der Waals surface area (Å²) in [5.74, 6) is 0.181. The van der Waals surface area contributed by atoms with Gasteiger partial charge in [-0.05, 0) is 74.6 Å². The molecule has 0 aliphatic carbocycles. The molecule has 7 heteroatoms. The highest BCUT2D eigenvalue weighted by molar-refractivity contribution is 7.89. The summed E-state index contributed by atoms with van der Waals surface area (Å²) in [6.45, 7) is 7.61. The number of nitrogens with one attached hydrogen (secondary N) is 2. The monoisotopic (exact) mass is 466 g/mol. The number of ether oxygens (including phenoxy) is 1. The number of hydrogen-bond acceptors (Lipinski definition) is 4. The maximum Gasteiger partial charge on any atom is 0.242 e. The Balaban J connectivity index is 1.92. The van der Waals surface area contributed by atoms with E-state index >= 15 is 0 Å². The summed E-state index contributed by atoms with van der Waals surface area (Å²) in [5.41, 5.74) is 5.18. The van der Waals surface area contributed by atoms with Gasteiger partial charge in [-0.3, -0.25) is 4.79 Å². The molecule has 3 aromatic carbocycles. The van der Waals surface area contributed by atoms with Gasteiger partial charge in [-0.15, -0.1) is 0 Å². The summed E-state index contributed by atoms with van der Waals surface area (Å²) in [7, 11) is -2.43. The van der Waals surface area contributed by atoms with E-state index in [1.807, 2.05) is 63.2 Å². The summed E-state index contributed by atoms with van der Waals surface area (Å²) in [6.07, 6.45) is 0.213. The maximum atomic E-state index is 13.3. The molecule has 2 N–H and O–H groups in total. The normalized spacial score (nSPS) is 12.3. The first-order chi connectivity index (χ1) is 15.6. The molecule has 0 spiro atoms.